The highest BCUT2D eigenvalue weighted by atomic mass is 35.5. The number of nitrogens with two attached hydrogens (primary N) is 1. The smallest absolute Gasteiger partial charge is 0.0322 e. The molecule has 0 spiro atoms. The van der Waals surface area contributed by atoms with Crippen LogP contribution < -0.4 is 5.73 Å². The summed E-state index contributed by atoms with van der Waals surface area (Å²) in [5, 5.41) is 0. The molecule has 2 N–H and O–H groups in total. The molecule has 0 fully saturated rings. The number of nitrogens with zero attached hydrogens (tertiary/aromatic N) is 1. The first-order valence-corrected chi connectivity index (χ1v) is 7.09. The molecule has 0 heterocycles. The zero-order valence-electron chi connectivity index (χ0n) is 13.3. The van der Waals surface area contributed by atoms with E-state index in [1.165, 1.54) is 22.3 Å². The number of hydrogen-bond donors (Lipinski definition) is 1. The first kappa shape index (κ1) is 17.5. The van der Waals surface area contributed by atoms with Crippen LogP contribution >= 0.6 is 12.4 Å². The van der Waals surface area contributed by atoms with Gasteiger partial charge in [-0.1, -0.05) is 35.9 Å². The first-order valence-electron chi connectivity index (χ1n) is 7.09. The maximum Gasteiger partial charge on any atom is 0.0322 e. The van der Waals surface area contributed by atoms with Gasteiger partial charge in [0.15, 0.2) is 0 Å². The molecule has 0 saturated carbocycles. The molecule has 21 heavy (non-hydrogen) atoms. The van der Waals surface area contributed by atoms with E-state index < -0.39 is 0 Å². The van der Waals surface area contributed by atoms with Crippen molar-refractivity contribution in [2.24, 2.45) is 0 Å². The van der Waals surface area contributed by atoms with Crippen LogP contribution in [-0.2, 0) is 6.54 Å². The van der Waals surface area contributed by atoms with Gasteiger partial charge in [-0.15, -0.1) is 12.4 Å². The molecule has 1 atom stereocenters. The number of halogens is 1. The summed E-state index contributed by atoms with van der Waals surface area (Å²) in [5.41, 5.74) is 12.0. The minimum Gasteiger partial charge on any atom is -0.399 e. The average Bonchev–Trinajstić information content (AvgIpc) is 2.38. The molecule has 0 saturated heterocycles. The van der Waals surface area contributed by atoms with Gasteiger partial charge in [-0.3, -0.25) is 4.90 Å². The highest BCUT2D eigenvalue weighted by Crippen LogP contribution is 2.24. The second-order valence-electron chi connectivity index (χ2n) is 5.70. The lowest BCUT2D eigenvalue weighted by molar-refractivity contribution is 0.252. The minimum absolute atomic E-state index is 0. The van der Waals surface area contributed by atoms with Crippen molar-refractivity contribution in [1.82, 2.24) is 4.90 Å². The molecule has 2 nitrogen and oxygen atoms in total. The Morgan fingerprint density at radius 2 is 1.81 bits per heavy atom. The van der Waals surface area contributed by atoms with Crippen LogP contribution in [0.3, 0.4) is 0 Å². The average molecular weight is 305 g/mol. The number of hydrogen-bond acceptors (Lipinski definition) is 2. The first-order chi connectivity index (χ1) is 9.47. The zero-order valence-corrected chi connectivity index (χ0v) is 14.1. The fourth-order valence-corrected chi connectivity index (χ4v) is 2.65. The second kappa shape index (κ2) is 7.48. The van der Waals surface area contributed by atoms with Gasteiger partial charge in [0.1, 0.15) is 0 Å². The van der Waals surface area contributed by atoms with Gasteiger partial charge >= 0.3 is 0 Å². The monoisotopic (exact) mass is 304 g/mol. The van der Waals surface area contributed by atoms with Gasteiger partial charge in [-0.2, -0.15) is 0 Å². The van der Waals surface area contributed by atoms with Gasteiger partial charge in [-0.05, 0) is 56.6 Å². The normalized spacial score (nSPS) is 12.0. The number of nitrogen functional groups attached to an aromatic ring is 1. The predicted molar refractivity (Wildman–Crippen MR) is 93.9 cm³/mol. The molecule has 3 heteroatoms. The maximum atomic E-state index is 5.84. The largest absolute Gasteiger partial charge is 0.399 e. The molecular formula is C18H25ClN2. The zero-order chi connectivity index (χ0) is 14.7. The third-order valence-electron chi connectivity index (χ3n) is 3.92. The lowest BCUT2D eigenvalue weighted by Crippen LogP contribution is -2.22. The van der Waals surface area contributed by atoms with E-state index in [0.717, 1.165) is 12.2 Å². The molecule has 0 radical (unpaired) electrons. The van der Waals surface area contributed by atoms with Crippen LogP contribution in [0.2, 0.25) is 0 Å². The summed E-state index contributed by atoms with van der Waals surface area (Å²) < 4.78 is 0. The summed E-state index contributed by atoms with van der Waals surface area (Å²) in [6.45, 7) is 7.48. The fourth-order valence-electron chi connectivity index (χ4n) is 2.65. The lowest BCUT2D eigenvalue weighted by atomic mass is 9.99. The molecule has 0 bridgehead atoms. The molecule has 114 valence electrons. The summed E-state index contributed by atoms with van der Waals surface area (Å²) in [6.07, 6.45) is 0. The Kier molecular flexibility index (Phi) is 6.25. The van der Waals surface area contributed by atoms with Crippen molar-refractivity contribution < 1.29 is 0 Å². The van der Waals surface area contributed by atoms with E-state index in [1.807, 2.05) is 18.2 Å². The van der Waals surface area contributed by atoms with Gasteiger partial charge in [0.2, 0.25) is 0 Å². The van der Waals surface area contributed by atoms with E-state index in [1.54, 1.807) is 0 Å². The van der Waals surface area contributed by atoms with Gasteiger partial charge in [0.25, 0.3) is 0 Å². The van der Waals surface area contributed by atoms with Gasteiger partial charge in [-0.25, -0.2) is 0 Å². The quantitative estimate of drug-likeness (QED) is 0.843. The Balaban J connectivity index is 0.00000220. The Morgan fingerprint density at radius 1 is 1.10 bits per heavy atom. The van der Waals surface area contributed by atoms with Crippen molar-refractivity contribution in [3.05, 3.63) is 64.7 Å². The SMILES string of the molecule is Cc1ccc(C(C)N(C)Cc2cccc(N)c2)c(C)c1.Cl. The summed E-state index contributed by atoms with van der Waals surface area (Å²) in [7, 11) is 2.16. The molecule has 2 aromatic carbocycles. The third kappa shape index (κ3) is 4.48. The Labute approximate surface area is 134 Å². The molecule has 0 aliphatic carbocycles. The standard InChI is InChI=1S/C18H24N2.ClH/c1-13-8-9-18(14(2)10-13)15(3)20(4)12-16-6-5-7-17(19)11-16;/h5-11,15H,12,19H2,1-4H3;1H. The lowest BCUT2D eigenvalue weighted by Gasteiger charge is -2.26. The molecule has 2 aromatic rings. The van der Waals surface area contributed by atoms with Crippen molar-refractivity contribution >= 4 is 18.1 Å². The number of benzene rings is 2. The van der Waals surface area contributed by atoms with Crippen molar-refractivity contribution in [2.45, 2.75) is 33.4 Å². The van der Waals surface area contributed by atoms with Crippen molar-refractivity contribution in [3.8, 4) is 0 Å². The Morgan fingerprint density at radius 3 is 2.43 bits per heavy atom. The molecular weight excluding hydrogens is 280 g/mol. The second-order valence-corrected chi connectivity index (χ2v) is 5.70. The minimum atomic E-state index is 0. The highest BCUT2D eigenvalue weighted by molar-refractivity contribution is 5.85. The van der Waals surface area contributed by atoms with E-state index in [0.29, 0.717) is 6.04 Å². The van der Waals surface area contributed by atoms with Crippen LogP contribution in [0.4, 0.5) is 5.69 Å². The van der Waals surface area contributed by atoms with Crippen LogP contribution in [0.25, 0.3) is 0 Å². The molecule has 0 aliphatic rings. The molecule has 0 amide bonds. The van der Waals surface area contributed by atoms with Gasteiger partial charge < -0.3 is 5.73 Å². The van der Waals surface area contributed by atoms with Crippen molar-refractivity contribution in [1.29, 1.82) is 0 Å². The molecule has 0 aliphatic heterocycles. The molecule has 0 aromatic heterocycles. The van der Waals surface area contributed by atoms with E-state index in [2.05, 4.69) is 57.0 Å². The summed E-state index contributed by atoms with van der Waals surface area (Å²) in [6, 6.07) is 15.2. The van der Waals surface area contributed by atoms with Crippen LogP contribution in [0, 0.1) is 13.8 Å². The Bertz CT molecular complexity index is 596. The number of aryl methyl sites for hydroxylation is 2. The predicted octanol–water partition coefficient (Wildman–Crippen LogP) is 4.50. The molecule has 2 rings (SSSR count). The summed E-state index contributed by atoms with van der Waals surface area (Å²) in [4.78, 5) is 2.35. The number of rotatable bonds is 4. The van der Waals surface area contributed by atoms with E-state index in [-0.39, 0.29) is 12.4 Å². The van der Waals surface area contributed by atoms with Crippen molar-refractivity contribution in [2.75, 3.05) is 12.8 Å². The molecule has 1 unspecified atom stereocenters. The topological polar surface area (TPSA) is 29.3 Å². The Hall–Kier alpha value is -1.51. The van der Waals surface area contributed by atoms with Crippen LogP contribution in [0.15, 0.2) is 42.5 Å². The number of anilines is 1. The maximum absolute atomic E-state index is 5.84. The van der Waals surface area contributed by atoms with Gasteiger partial charge in [0, 0.05) is 18.3 Å². The third-order valence-corrected chi connectivity index (χ3v) is 3.92. The summed E-state index contributed by atoms with van der Waals surface area (Å²) >= 11 is 0. The van der Waals surface area contributed by atoms with Crippen molar-refractivity contribution in [3.63, 3.8) is 0 Å². The van der Waals surface area contributed by atoms with Gasteiger partial charge in [0.05, 0.1) is 0 Å². The van der Waals surface area contributed by atoms with Crippen LogP contribution in [0.1, 0.15) is 35.2 Å². The fraction of sp³-hybridized carbons (Fsp3) is 0.333. The van der Waals surface area contributed by atoms with E-state index in [4.69, 9.17) is 5.73 Å². The van der Waals surface area contributed by atoms with Crippen LogP contribution in [-0.4, -0.2) is 11.9 Å². The highest BCUT2D eigenvalue weighted by Gasteiger charge is 2.14. The van der Waals surface area contributed by atoms with Crippen LogP contribution in [0.5, 0.6) is 0 Å². The van der Waals surface area contributed by atoms with E-state index in [9.17, 15) is 0 Å². The van der Waals surface area contributed by atoms with E-state index >= 15 is 0 Å². The summed E-state index contributed by atoms with van der Waals surface area (Å²) in [5.74, 6) is 0.